The molecule has 0 radical (unpaired) electrons. The monoisotopic (exact) mass is 391 g/mol. The molecule has 1 amide bonds. The van der Waals surface area contributed by atoms with E-state index in [4.69, 9.17) is 4.42 Å². The highest BCUT2D eigenvalue weighted by Gasteiger charge is 2.36. The van der Waals surface area contributed by atoms with Crippen molar-refractivity contribution in [1.82, 2.24) is 25.6 Å². The SMILES string of the molecule is CCCCCCn1cc(CNC(=O)c2cc([C@H]3NC[C@@H](O)[C@H]3O)oc2C)nn1. The van der Waals surface area contributed by atoms with Gasteiger partial charge >= 0.3 is 0 Å². The van der Waals surface area contributed by atoms with E-state index in [0.717, 1.165) is 13.0 Å². The van der Waals surface area contributed by atoms with Crippen LogP contribution in [0.2, 0.25) is 0 Å². The summed E-state index contributed by atoms with van der Waals surface area (Å²) >= 11 is 0. The predicted octanol–water partition coefficient (Wildman–Crippen LogP) is 1.06. The van der Waals surface area contributed by atoms with Gasteiger partial charge in [0.05, 0.1) is 30.5 Å². The molecule has 1 aliphatic heterocycles. The molecule has 1 fully saturated rings. The molecule has 1 aliphatic rings. The molecule has 0 unspecified atom stereocenters. The first-order chi connectivity index (χ1) is 13.5. The molecule has 9 heteroatoms. The van der Waals surface area contributed by atoms with Gasteiger partial charge < -0.3 is 25.3 Å². The average molecular weight is 391 g/mol. The second-order valence-corrected chi connectivity index (χ2v) is 7.28. The summed E-state index contributed by atoms with van der Waals surface area (Å²) in [6, 6.07) is 1.08. The van der Waals surface area contributed by atoms with Crippen molar-refractivity contribution in [3.05, 3.63) is 35.0 Å². The molecule has 2 aromatic rings. The Morgan fingerprint density at radius 3 is 2.93 bits per heavy atom. The number of amides is 1. The zero-order valence-electron chi connectivity index (χ0n) is 16.4. The van der Waals surface area contributed by atoms with Crippen LogP contribution in [0.25, 0.3) is 0 Å². The first-order valence-electron chi connectivity index (χ1n) is 9.86. The Hall–Kier alpha value is -2.23. The van der Waals surface area contributed by atoms with Crippen LogP contribution in [-0.2, 0) is 13.1 Å². The minimum absolute atomic E-state index is 0.275. The number of β-amino-alcohol motifs (C(OH)–C–C–N with tert-alkyl or cyclic N) is 1. The largest absolute Gasteiger partial charge is 0.464 e. The minimum atomic E-state index is -0.964. The van der Waals surface area contributed by atoms with E-state index in [1.807, 2.05) is 6.20 Å². The van der Waals surface area contributed by atoms with Gasteiger partial charge in [0.25, 0.3) is 5.91 Å². The molecule has 28 heavy (non-hydrogen) atoms. The molecule has 0 saturated carbocycles. The molecule has 1 saturated heterocycles. The number of nitrogens with zero attached hydrogens (tertiary/aromatic N) is 3. The van der Waals surface area contributed by atoms with Crippen LogP contribution in [0.5, 0.6) is 0 Å². The molecule has 4 N–H and O–H groups in total. The van der Waals surface area contributed by atoms with Gasteiger partial charge in [-0.25, -0.2) is 0 Å². The van der Waals surface area contributed by atoms with Gasteiger partial charge in [0, 0.05) is 13.1 Å². The summed E-state index contributed by atoms with van der Waals surface area (Å²) < 4.78 is 7.43. The van der Waals surface area contributed by atoms with E-state index in [-0.39, 0.29) is 19.0 Å². The minimum Gasteiger partial charge on any atom is -0.464 e. The average Bonchev–Trinajstić information content (AvgIpc) is 3.37. The van der Waals surface area contributed by atoms with E-state index >= 15 is 0 Å². The zero-order chi connectivity index (χ0) is 20.1. The lowest BCUT2D eigenvalue weighted by Gasteiger charge is -2.12. The number of nitrogens with one attached hydrogen (secondary N) is 2. The van der Waals surface area contributed by atoms with Gasteiger partial charge in [-0.3, -0.25) is 9.48 Å². The number of aryl methyl sites for hydroxylation is 2. The molecule has 0 aliphatic carbocycles. The van der Waals surface area contributed by atoms with E-state index in [1.165, 1.54) is 19.3 Å². The fraction of sp³-hybridized carbons (Fsp3) is 0.632. The normalized spacial score (nSPS) is 21.9. The highest BCUT2D eigenvalue weighted by Crippen LogP contribution is 2.27. The van der Waals surface area contributed by atoms with Crippen LogP contribution in [0.1, 0.15) is 66.2 Å². The molecule has 3 rings (SSSR count). The summed E-state index contributed by atoms with van der Waals surface area (Å²) in [6.07, 6.45) is 4.68. The number of rotatable bonds is 9. The number of carbonyl (C=O) groups is 1. The second-order valence-electron chi connectivity index (χ2n) is 7.28. The number of carbonyl (C=O) groups excluding carboxylic acids is 1. The van der Waals surface area contributed by atoms with Crippen molar-refractivity contribution < 1.29 is 19.4 Å². The highest BCUT2D eigenvalue weighted by atomic mass is 16.4. The van der Waals surface area contributed by atoms with E-state index in [0.29, 0.717) is 22.8 Å². The lowest BCUT2D eigenvalue weighted by molar-refractivity contribution is 0.0368. The summed E-state index contributed by atoms with van der Waals surface area (Å²) in [5, 5.41) is 33.7. The van der Waals surface area contributed by atoms with Gasteiger partial charge in [-0.05, 0) is 19.4 Å². The van der Waals surface area contributed by atoms with Crippen molar-refractivity contribution in [3.8, 4) is 0 Å². The lowest BCUT2D eigenvalue weighted by Crippen LogP contribution is -2.25. The summed E-state index contributed by atoms with van der Waals surface area (Å²) in [4.78, 5) is 12.5. The van der Waals surface area contributed by atoms with Crippen molar-refractivity contribution >= 4 is 5.91 Å². The molecule has 9 nitrogen and oxygen atoms in total. The Labute approximate surface area is 164 Å². The Kier molecular flexibility index (Phi) is 6.82. The number of aliphatic hydroxyl groups excluding tert-OH is 2. The predicted molar refractivity (Wildman–Crippen MR) is 102 cm³/mol. The van der Waals surface area contributed by atoms with Gasteiger partial charge in [0.1, 0.15) is 23.3 Å². The van der Waals surface area contributed by atoms with Gasteiger partial charge in [-0.1, -0.05) is 31.4 Å². The highest BCUT2D eigenvalue weighted by molar-refractivity contribution is 5.95. The van der Waals surface area contributed by atoms with Crippen LogP contribution < -0.4 is 10.6 Å². The van der Waals surface area contributed by atoms with Gasteiger partial charge in [-0.15, -0.1) is 5.10 Å². The Balaban J connectivity index is 1.53. The fourth-order valence-corrected chi connectivity index (χ4v) is 3.36. The number of aromatic nitrogens is 3. The molecular weight excluding hydrogens is 362 g/mol. The summed E-state index contributed by atoms with van der Waals surface area (Å²) in [6.45, 7) is 5.26. The van der Waals surface area contributed by atoms with Crippen LogP contribution in [0, 0.1) is 6.92 Å². The molecule has 154 valence electrons. The van der Waals surface area contributed by atoms with E-state index in [1.54, 1.807) is 17.7 Å². The van der Waals surface area contributed by atoms with E-state index < -0.39 is 18.2 Å². The second kappa shape index (κ2) is 9.31. The molecule has 0 spiro atoms. The van der Waals surface area contributed by atoms with Crippen LogP contribution in [0.15, 0.2) is 16.7 Å². The topological polar surface area (TPSA) is 125 Å². The molecule has 2 aromatic heterocycles. The third-order valence-corrected chi connectivity index (χ3v) is 5.03. The third kappa shape index (κ3) is 4.78. The number of hydrogen-bond acceptors (Lipinski definition) is 7. The molecule has 3 heterocycles. The Morgan fingerprint density at radius 2 is 2.21 bits per heavy atom. The maximum Gasteiger partial charge on any atom is 0.255 e. The van der Waals surface area contributed by atoms with Crippen molar-refractivity contribution in [2.24, 2.45) is 0 Å². The molecular formula is C19H29N5O4. The third-order valence-electron chi connectivity index (χ3n) is 5.03. The lowest BCUT2D eigenvalue weighted by atomic mass is 10.1. The molecule has 0 aromatic carbocycles. The van der Waals surface area contributed by atoms with E-state index in [2.05, 4.69) is 27.9 Å². The summed E-state index contributed by atoms with van der Waals surface area (Å²) in [5.74, 6) is 0.616. The van der Waals surface area contributed by atoms with Crippen LogP contribution >= 0.6 is 0 Å². The van der Waals surface area contributed by atoms with Gasteiger partial charge in [0.2, 0.25) is 0 Å². The maximum atomic E-state index is 12.5. The Morgan fingerprint density at radius 1 is 1.39 bits per heavy atom. The van der Waals surface area contributed by atoms with E-state index in [9.17, 15) is 15.0 Å². The van der Waals surface area contributed by atoms with Crippen molar-refractivity contribution in [2.75, 3.05) is 6.54 Å². The number of unbranched alkanes of at least 4 members (excludes halogenated alkanes) is 3. The van der Waals surface area contributed by atoms with Crippen LogP contribution in [0.4, 0.5) is 0 Å². The van der Waals surface area contributed by atoms with Crippen LogP contribution in [0.3, 0.4) is 0 Å². The summed E-state index contributed by atoms with van der Waals surface area (Å²) in [5.41, 5.74) is 1.10. The fourth-order valence-electron chi connectivity index (χ4n) is 3.36. The van der Waals surface area contributed by atoms with Crippen molar-refractivity contribution in [3.63, 3.8) is 0 Å². The Bertz CT molecular complexity index is 787. The summed E-state index contributed by atoms with van der Waals surface area (Å²) in [7, 11) is 0. The zero-order valence-corrected chi connectivity index (χ0v) is 16.4. The standard InChI is InChI=1S/C19H29N5O4/c1-3-4-5-6-7-24-11-13(22-23-24)9-21-19(27)14-8-16(28-12(14)2)17-18(26)15(25)10-20-17/h8,11,15,17-18,20,25-26H,3-7,9-10H2,1-2H3,(H,21,27)/t15-,17-,18-/m1/s1. The number of aliphatic hydroxyl groups is 2. The number of furan rings is 1. The van der Waals surface area contributed by atoms with Crippen molar-refractivity contribution in [2.45, 2.75) is 70.9 Å². The smallest absolute Gasteiger partial charge is 0.255 e. The first-order valence-corrected chi connectivity index (χ1v) is 9.86. The molecule has 3 atom stereocenters. The van der Waals surface area contributed by atoms with Crippen molar-refractivity contribution in [1.29, 1.82) is 0 Å². The first kappa shape index (κ1) is 20.5. The van der Waals surface area contributed by atoms with Gasteiger partial charge in [0.15, 0.2) is 0 Å². The molecule has 0 bridgehead atoms. The van der Waals surface area contributed by atoms with Gasteiger partial charge in [-0.2, -0.15) is 0 Å². The maximum absolute atomic E-state index is 12.5. The quantitative estimate of drug-likeness (QED) is 0.471. The van der Waals surface area contributed by atoms with Crippen LogP contribution in [-0.4, -0.2) is 49.9 Å². The number of hydrogen-bond donors (Lipinski definition) is 4.